The summed E-state index contributed by atoms with van der Waals surface area (Å²) in [4.78, 5) is 22.7. The van der Waals surface area contributed by atoms with Crippen LogP contribution >= 0.6 is 11.3 Å². The summed E-state index contributed by atoms with van der Waals surface area (Å²) in [5.41, 5.74) is 4.09. The molecule has 2 aromatic carbocycles. The van der Waals surface area contributed by atoms with Crippen LogP contribution in [0, 0.1) is 6.92 Å². The van der Waals surface area contributed by atoms with E-state index in [0.717, 1.165) is 57.7 Å². The first-order valence-electron chi connectivity index (χ1n) is 10.7. The van der Waals surface area contributed by atoms with Gasteiger partial charge >= 0.3 is 0 Å². The van der Waals surface area contributed by atoms with E-state index in [1.807, 2.05) is 43.0 Å². The summed E-state index contributed by atoms with van der Waals surface area (Å²) in [6.45, 7) is 9.33. The number of carbonyl (C=O) groups is 1. The van der Waals surface area contributed by atoms with Crippen molar-refractivity contribution in [2.24, 2.45) is 0 Å². The quantitative estimate of drug-likeness (QED) is 0.461. The zero-order valence-corrected chi connectivity index (χ0v) is 19.8. The van der Waals surface area contributed by atoms with Crippen molar-refractivity contribution in [1.82, 2.24) is 14.8 Å². The molecule has 0 spiro atoms. The molecule has 0 aliphatic carbocycles. The van der Waals surface area contributed by atoms with Gasteiger partial charge in [-0.05, 0) is 50.7 Å². The molecule has 31 heavy (non-hydrogen) atoms. The molecule has 1 amide bonds. The second-order valence-corrected chi connectivity index (χ2v) is 8.52. The summed E-state index contributed by atoms with van der Waals surface area (Å²) in [5.74, 6) is 0.918. The van der Waals surface area contributed by atoms with Crippen LogP contribution in [-0.4, -0.2) is 61.0 Å². The lowest BCUT2D eigenvalue weighted by Gasteiger charge is -2.23. The molecule has 1 heterocycles. The molecule has 3 aromatic rings. The van der Waals surface area contributed by atoms with Gasteiger partial charge in [0.05, 0.1) is 12.8 Å². The number of aryl methyl sites for hydroxylation is 1. The van der Waals surface area contributed by atoms with E-state index in [1.54, 1.807) is 7.11 Å². The van der Waals surface area contributed by atoms with Gasteiger partial charge in [-0.15, -0.1) is 11.3 Å². The molecule has 6 heteroatoms. The van der Waals surface area contributed by atoms with Crippen LogP contribution in [0.5, 0.6) is 5.75 Å². The Morgan fingerprint density at radius 3 is 2.06 bits per heavy atom. The van der Waals surface area contributed by atoms with Gasteiger partial charge in [-0.1, -0.05) is 43.3 Å². The number of hydrogen-bond donors (Lipinski definition) is 0. The summed E-state index contributed by atoms with van der Waals surface area (Å²) >= 11 is 1.48. The van der Waals surface area contributed by atoms with Gasteiger partial charge in [0.1, 0.15) is 15.6 Å². The first-order valence-corrected chi connectivity index (χ1v) is 11.5. The smallest absolute Gasteiger partial charge is 0.265 e. The number of nitrogens with zero attached hydrogens (tertiary/aromatic N) is 3. The Hall–Kier alpha value is -2.70. The van der Waals surface area contributed by atoms with E-state index in [-0.39, 0.29) is 5.91 Å². The molecule has 0 bridgehead atoms. The van der Waals surface area contributed by atoms with Crippen LogP contribution in [0.4, 0.5) is 0 Å². The zero-order chi connectivity index (χ0) is 22.4. The van der Waals surface area contributed by atoms with Crippen LogP contribution in [-0.2, 0) is 0 Å². The van der Waals surface area contributed by atoms with E-state index in [1.165, 1.54) is 11.3 Å². The van der Waals surface area contributed by atoms with Gasteiger partial charge in [0.25, 0.3) is 5.91 Å². The average Bonchev–Trinajstić information content (AvgIpc) is 3.20. The highest BCUT2D eigenvalue weighted by Gasteiger charge is 2.21. The third kappa shape index (κ3) is 5.51. The van der Waals surface area contributed by atoms with Crippen LogP contribution < -0.4 is 4.74 Å². The van der Waals surface area contributed by atoms with Gasteiger partial charge in [-0.3, -0.25) is 4.79 Å². The Labute approximate surface area is 189 Å². The number of benzene rings is 2. The molecule has 0 radical (unpaired) electrons. The number of carbonyl (C=O) groups excluding carboxylic acids is 1. The summed E-state index contributed by atoms with van der Waals surface area (Å²) in [5, 5.41) is 0.879. The standard InChI is InChI=1S/C25H31N3O2S/c1-6-27(4)16-17-28(7-2)25(29)23-18(3)26-24(31-23)21-10-8-19(9-11-21)20-12-14-22(30-5)15-13-20/h8-15H,6-7,16-17H2,1-5H3. The molecule has 0 atom stereocenters. The highest BCUT2D eigenvalue weighted by Crippen LogP contribution is 2.31. The fourth-order valence-corrected chi connectivity index (χ4v) is 4.34. The third-order valence-electron chi connectivity index (χ3n) is 5.51. The van der Waals surface area contributed by atoms with Crippen LogP contribution in [0.2, 0.25) is 0 Å². The maximum atomic E-state index is 13.1. The van der Waals surface area contributed by atoms with Gasteiger partial charge in [0, 0.05) is 25.2 Å². The number of methoxy groups -OCH3 is 1. The fourth-order valence-electron chi connectivity index (χ4n) is 3.30. The predicted molar refractivity (Wildman–Crippen MR) is 129 cm³/mol. The number of rotatable bonds is 9. The van der Waals surface area contributed by atoms with Crippen molar-refractivity contribution in [2.75, 3.05) is 40.3 Å². The van der Waals surface area contributed by atoms with Gasteiger partial charge < -0.3 is 14.5 Å². The summed E-state index contributed by atoms with van der Waals surface area (Å²) in [7, 11) is 3.74. The van der Waals surface area contributed by atoms with Crippen molar-refractivity contribution in [2.45, 2.75) is 20.8 Å². The SMILES string of the molecule is CCN(C)CCN(CC)C(=O)c1sc(-c2ccc(-c3ccc(OC)cc3)cc2)nc1C. The molecule has 3 rings (SSSR count). The monoisotopic (exact) mass is 437 g/mol. The van der Waals surface area contributed by atoms with Gasteiger partial charge in [0.15, 0.2) is 0 Å². The molecule has 0 unspecified atom stereocenters. The Kier molecular flexibility index (Phi) is 7.82. The van der Waals surface area contributed by atoms with E-state index in [0.29, 0.717) is 6.54 Å². The van der Waals surface area contributed by atoms with E-state index >= 15 is 0 Å². The lowest BCUT2D eigenvalue weighted by molar-refractivity contribution is 0.0755. The molecule has 164 valence electrons. The van der Waals surface area contributed by atoms with Crippen molar-refractivity contribution >= 4 is 17.2 Å². The van der Waals surface area contributed by atoms with Crippen LogP contribution in [0.15, 0.2) is 48.5 Å². The van der Waals surface area contributed by atoms with Gasteiger partial charge in [-0.25, -0.2) is 4.98 Å². The lowest BCUT2D eigenvalue weighted by atomic mass is 10.0. The minimum atomic E-state index is 0.0723. The molecule has 0 fully saturated rings. The minimum absolute atomic E-state index is 0.0723. The van der Waals surface area contributed by atoms with Crippen molar-refractivity contribution < 1.29 is 9.53 Å². The predicted octanol–water partition coefficient (Wildman–Crippen LogP) is 5.21. The van der Waals surface area contributed by atoms with E-state index in [9.17, 15) is 4.79 Å². The van der Waals surface area contributed by atoms with Crippen molar-refractivity contribution in [1.29, 1.82) is 0 Å². The average molecular weight is 438 g/mol. The largest absolute Gasteiger partial charge is 0.497 e. The number of aromatic nitrogens is 1. The number of ether oxygens (including phenoxy) is 1. The zero-order valence-electron chi connectivity index (χ0n) is 19.0. The summed E-state index contributed by atoms with van der Waals surface area (Å²) in [6.07, 6.45) is 0. The van der Waals surface area contributed by atoms with Crippen molar-refractivity contribution in [3.05, 3.63) is 59.1 Å². The number of thiazole rings is 1. The normalized spacial score (nSPS) is 11.0. The van der Waals surface area contributed by atoms with E-state index in [2.05, 4.69) is 43.1 Å². The number of amides is 1. The highest BCUT2D eigenvalue weighted by atomic mass is 32.1. The second-order valence-electron chi connectivity index (χ2n) is 7.52. The molecule has 0 aliphatic heterocycles. The van der Waals surface area contributed by atoms with E-state index < -0.39 is 0 Å². The fraction of sp³-hybridized carbons (Fsp3) is 0.360. The van der Waals surface area contributed by atoms with Crippen molar-refractivity contribution in [3.8, 4) is 27.4 Å². The topological polar surface area (TPSA) is 45.7 Å². The van der Waals surface area contributed by atoms with Crippen LogP contribution in [0.3, 0.4) is 0 Å². The Morgan fingerprint density at radius 2 is 1.52 bits per heavy atom. The summed E-state index contributed by atoms with van der Waals surface area (Å²) < 4.78 is 5.23. The maximum absolute atomic E-state index is 13.1. The Morgan fingerprint density at radius 1 is 0.935 bits per heavy atom. The second kappa shape index (κ2) is 10.6. The van der Waals surface area contributed by atoms with Gasteiger partial charge in [-0.2, -0.15) is 0 Å². The van der Waals surface area contributed by atoms with Crippen LogP contribution in [0.1, 0.15) is 29.2 Å². The van der Waals surface area contributed by atoms with Crippen molar-refractivity contribution in [3.63, 3.8) is 0 Å². The molecule has 5 nitrogen and oxygen atoms in total. The summed E-state index contributed by atoms with van der Waals surface area (Å²) in [6, 6.07) is 16.3. The minimum Gasteiger partial charge on any atom is -0.497 e. The molecular formula is C25H31N3O2S. The molecule has 0 saturated carbocycles. The lowest BCUT2D eigenvalue weighted by Crippen LogP contribution is -2.37. The first kappa shape index (κ1) is 23.0. The van der Waals surface area contributed by atoms with Crippen LogP contribution in [0.25, 0.3) is 21.7 Å². The Balaban J connectivity index is 1.77. The third-order valence-corrected chi connectivity index (χ3v) is 6.70. The molecule has 1 aromatic heterocycles. The van der Waals surface area contributed by atoms with Gasteiger partial charge in [0.2, 0.25) is 0 Å². The maximum Gasteiger partial charge on any atom is 0.265 e. The van der Waals surface area contributed by atoms with E-state index in [4.69, 9.17) is 9.72 Å². The molecule has 0 N–H and O–H groups in total. The number of hydrogen-bond acceptors (Lipinski definition) is 5. The molecule has 0 aliphatic rings. The first-order chi connectivity index (χ1) is 15.0. The highest BCUT2D eigenvalue weighted by molar-refractivity contribution is 7.17. The Bertz CT molecular complexity index is 997. The number of likely N-dealkylation sites (N-methyl/N-ethyl adjacent to an activating group) is 2. The molecular weight excluding hydrogens is 406 g/mol. The molecule has 0 saturated heterocycles.